The fourth-order valence-electron chi connectivity index (χ4n) is 3.26. The first-order valence-electron chi connectivity index (χ1n) is 9.89. The Bertz CT molecular complexity index is 1210. The van der Waals surface area contributed by atoms with Crippen molar-refractivity contribution < 1.29 is 9.53 Å². The maximum atomic E-state index is 11.2. The van der Waals surface area contributed by atoms with Crippen LogP contribution in [0.2, 0.25) is 0 Å². The molecule has 3 N–H and O–H groups in total. The van der Waals surface area contributed by atoms with E-state index in [1.807, 2.05) is 72.8 Å². The van der Waals surface area contributed by atoms with Crippen molar-refractivity contribution >= 4 is 40.0 Å². The van der Waals surface area contributed by atoms with E-state index in [1.54, 1.807) is 7.11 Å². The van der Waals surface area contributed by atoms with Gasteiger partial charge in [0.05, 0.1) is 12.6 Å². The number of aromatic nitrogens is 2. The highest BCUT2D eigenvalue weighted by molar-refractivity contribution is 5.90. The lowest BCUT2D eigenvalue weighted by atomic mass is 10.2. The van der Waals surface area contributed by atoms with Gasteiger partial charge < -0.3 is 20.7 Å². The van der Waals surface area contributed by atoms with Crippen molar-refractivity contribution in [2.75, 3.05) is 23.1 Å². The largest absolute Gasteiger partial charge is 0.496 e. The fraction of sp³-hybridized carbons (Fsp3) is 0.125. The number of benzene rings is 3. The number of hydrogen-bond donors (Lipinski definition) is 3. The number of nitrogens with zero attached hydrogens (tertiary/aromatic N) is 2. The second-order valence-corrected chi connectivity index (χ2v) is 6.96. The summed E-state index contributed by atoms with van der Waals surface area (Å²) in [6.07, 6.45) is 0. The molecule has 0 atom stereocenters. The predicted octanol–water partition coefficient (Wildman–Crippen LogP) is 4.95. The zero-order valence-electron chi connectivity index (χ0n) is 17.3. The minimum absolute atomic E-state index is 0.107. The van der Waals surface area contributed by atoms with Crippen LogP contribution in [0.3, 0.4) is 0 Å². The zero-order chi connectivity index (χ0) is 21.6. The number of fused-ring (bicyclic) bond motifs is 1. The Morgan fingerprint density at radius 3 is 2.39 bits per heavy atom. The first-order valence-corrected chi connectivity index (χ1v) is 9.89. The molecule has 4 aromatic rings. The lowest BCUT2D eigenvalue weighted by Crippen LogP contribution is -2.07. The second-order valence-electron chi connectivity index (χ2n) is 6.96. The molecule has 3 aromatic carbocycles. The van der Waals surface area contributed by atoms with Gasteiger partial charge in [-0.3, -0.25) is 4.79 Å². The summed E-state index contributed by atoms with van der Waals surface area (Å²) in [7, 11) is 1.66. The Morgan fingerprint density at radius 1 is 0.903 bits per heavy atom. The molecule has 0 fully saturated rings. The Balaban J connectivity index is 1.59. The molecular formula is C24H23N5O2. The van der Waals surface area contributed by atoms with Crippen LogP contribution in [0.5, 0.6) is 5.75 Å². The summed E-state index contributed by atoms with van der Waals surface area (Å²) in [5.74, 6) is 1.93. The van der Waals surface area contributed by atoms with E-state index >= 15 is 0 Å². The van der Waals surface area contributed by atoms with Crippen molar-refractivity contribution in [1.29, 1.82) is 0 Å². The first-order chi connectivity index (χ1) is 15.1. The van der Waals surface area contributed by atoms with E-state index in [1.165, 1.54) is 6.92 Å². The Labute approximate surface area is 180 Å². The van der Waals surface area contributed by atoms with Crippen LogP contribution < -0.4 is 20.7 Å². The highest BCUT2D eigenvalue weighted by atomic mass is 16.5. The third-order valence-corrected chi connectivity index (χ3v) is 4.70. The van der Waals surface area contributed by atoms with Gasteiger partial charge in [0.1, 0.15) is 11.6 Å². The molecule has 0 aliphatic rings. The molecule has 156 valence electrons. The van der Waals surface area contributed by atoms with Crippen molar-refractivity contribution in [2.45, 2.75) is 13.5 Å². The minimum Gasteiger partial charge on any atom is -0.496 e. The molecule has 0 spiro atoms. The summed E-state index contributed by atoms with van der Waals surface area (Å²) < 4.78 is 5.45. The van der Waals surface area contributed by atoms with Gasteiger partial charge in [-0.15, -0.1) is 0 Å². The van der Waals surface area contributed by atoms with Gasteiger partial charge in [-0.2, -0.15) is 4.98 Å². The summed E-state index contributed by atoms with van der Waals surface area (Å²) >= 11 is 0. The Kier molecular flexibility index (Phi) is 5.93. The molecule has 7 heteroatoms. The molecule has 7 nitrogen and oxygen atoms in total. The quantitative estimate of drug-likeness (QED) is 0.397. The molecule has 1 amide bonds. The summed E-state index contributed by atoms with van der Waals surface area (Å²) in [5.41, 5.74) is 3.42. The topological polar surface area (TPSA) is 88.2 Å². The van der Waals surface area contributed by atoms with Crippen LogP contribution in [0.1, 0.15) is 12.5 Å². The number of para-hydroxylation sites is 2. The van der Waals surface area contributed by atoms with E-state index in [0.717, 1.165) is 39.4 Å². The number of anilines is 4. The summed E-state index contributed by atoms with van der Waals surface area (Å²) in [6, 6.07) is 23.1. The fourth-order valence-corrected chi connectivity index (χ4v) is 3.26. The Hall–Kier alpha value is -4.13. The number of carbonyl (C=O) groups excluding carboxylic acids is 1. The van der Waals surface area contributed by atoms with Gasteiger partial charge in [0.15, 0.2) is 0 Å². The van der Waals surface area contributed by atoms with Crippen LogP contribution in [0.15, 0.2) is 72.8 Å². The monoisotopic (exact) mass is 413 g/mol. The normalized spacial score (nSPS) is 10.5. The van der Waals surface area contributed by atoms with Crippen molar-refractivity contribution in [2.24, 2.45) is 0 Å². The van der Waals surface area contributed by atoms with Gasteiger partial charge in [0.25, 0.3) is 0 Å². The maximum absolute atomic E-state index is 11.2. The molecular weight excluding hydrogens is 390 g/mol. The van der Waals surface area contributed by atoms with E-state index in [2.05, 4.69) is 20.9 Å². The van der Waals surface area contributed by atoms with Crippen LogP contribution in [0.25, 0.3) is 10.9 Å². The van der Waals surface area contributed by atoms with Crippen LogP contribution in [-0.4, -0.2) is 23.0 Å². The van der Waals surface area contributed by atoms with Gasteiger partial charge in [-0.1, -0.05) is 30.3 Å². The molecule has 1 aromatic heterocycles. The number of carbonyl (C=O) groups is 1. The highest BCUT2D eigenvalue weighted by Crippen LogP contribution is 2.26. The van der Waals surface area contributed by atoms with Crippen molar-refractivity contribution in [3.8, 4) is 5.75 Å². The number of ether oxygens (including phenoxy) is 1. The maximum Gasteiger partial charge on any atom is 0.229 e. The average Bonchev–Trinajstić information content (AvgIpc) is 2.78. The number of rotatable bonds is 7. The van der Waals surface area contributed by atoms with Crippen LogP contribution >= 0.6 is 0 Å². The van der Waals surface area contributed by atoms with E-state index in [0.29, 0.717) is 12.5 Å². The predicted molar refractivity (Wildman–Crippen MR) is 124 cm³/mol. The molecule has 0 aliphatic heterocycles. The van der Waals surface area contributed by atoms with Crippen LogP contribution in [0, 0.1) is 0 Å². The van der Waals surface area contributed by atoms with E-state index < -0.39 is 0 Å². The highest BCUT2D eigenvalue weighted by Gasteiger charge is 2.09. The number of nitrogens with one attached hydrogen (secondary N) is 3. The van der Waals surface area contributed by atoms with E-state index in [-0.39, 0.29) is 5.91 Å². The molecule has 0 aliphatic carbocycles. The van der Waals surface area contributed by atoms with Crippen molar-refractivity contribution in [1.82, 2.24) is 9.97 Å². The first kappa shape index (κ1) is 20.2. The van der Waals surface area contributed by atoms with Crippen LogP contribution in [0.4, 0.5) is 23.1 Å². The second kappa shape index (κ2) is 9.13. The molecule has 1 heterocycles. The SMILES string of the molecule is COc1ccccc1CNc1nc(Nc2ccc(NC(C)=O)cc2)nc2ccccc12. The summed E-state index contributed by atoms with van der Waals surface area (Å²) in [6.45, 7) is 2.05. The van der Waals surface area contributed by atoms with Gasteiger partial charge in [-0.05, 0) is 42.5 Å². The average molecular weight is 413 g/mol. The summed E-state index contributed by atoms with van der Waals surface area (Å²) in [4.78, 5) is 20.5. The standard InChI is InChI=1S/C24H23N5O2/c1-16(30)26-18-11-13-19(14-12-18)27-24-28-21-9-5-4-8-20(21)23(29-24)25-15-17-7-3-6-10-22(17)31-2/h3-14H,15H2,1-2H3,(H,26,30)(H2,25,27,28,29). The van der Waals surface area contributed by atoms with E-state index in [4.69, 9.17) is 9.72 Å². The smallest absolute Gasteiger partial charge is 0.229 e. The molecule has 4 rings (SSSR count). The lowest BCUT2D eigenvalue weighted by Gasteiger charge is -2.13. The molecule has 0 saturated carbocycles. The third-order valence-electron chi connectivity index (χ3n) is 4.70. The van der Waals surface area contributed by atoms with Gasteiger partial charge in [0.2, 0.25) is 11.9 Å². The molecule has 0 radical (unpaired) electrons. The van der Waals surface area contributed by atoms with Crippen LogP contribution in [-0.2, 0) is 11.3 Å². The number of amides is 1. The number of hydrogen-bond acceptors (Lipinski definition) is 6. The zero-order valence-corrected chi connectivity index (χ0v) is 17.3. The van der Waals surface area contributed by atoms with Crippen molar-refractivity contribution in [3.05, 3.63) is 78.4 Å². The van der Waals surface area contributed by atoms with Crippen molar-refractivity contribution in [3.63, 3.8) is 0 Å². The molecule has 0 saturated heterocycles. The third kappa shape index (κ3) is 4.90. The Morgan fingerprint density at radius 2 is 1.61 bits per heavy atom. The van der Waals surface area contributed by atoms with Gasteiger partial charge in [0, 0.05) is 35.8 Å². The van der Waals surface area contributed by atoms with E-state index in [9.17, 15) is 4.79 Å². The van der Waals surface area contributed by atoms with Gasteiger partial charge in [-0.25, -0.2) is 4.98 Å². The molecule has 0 unspecified atom stereocenters. The lowest BCUT2D eigenvalue weighted by molar-refractivity contribution is -0.114. The summed E-state index contributed by atoms with van der Waals surface area (Å²) in [5, 5.41) is 10.3. The minimum atomic E-state index is -0.107. The van der Waals surface area contributed by atoms with Gasteiger partial charge >= 0.3 is 0 Å². The number of methoxy groups -OCH3 is 1. The molecule has 0 bridgehead atoms. The molecule has 31 heavy (non-hydrogen) atoms.